The summed E-state index contributed by atoms with van der Waals surface area (Å²) < 4.78 is 10.7. The summed E-state index contributed by atoms with van der Waals surface area (Å²) in [6.07, 6.45) is 10.0. The highest BCUT2D eigenvalue weighted by Gasteiger charge is 2.26. The van der Waals surface area contributed by atoms with E-state index in [1.807, 2.05) is 0 Å². The largest absolute Gasteiger partial charge is 0.379 e. The molecule has 168 valence electrons. The minimum absolute atomic E-state index is 0. The Kier molecular flexibility index (Phi) is 13.5. The molecule has 4 N–H and O–H groups in total. The van der Waals surface area contributed by atoms with Crippen molar-refractivity contribution in [3.63, 3.8) is 0 Å². The van der Waals surface area contributed by atoms with E-state index in [-0.39, 0.29) is 24.8 Å². The van der Waals surface area contributed by atoms with Gasteiger partial charge in [0.1, 0.15) is 0 Å². The molecule has 28 heavy (non-hydrogen) atoms. The summed E-state index contributed by atoms with van der Waals surface area (Å²) in [4.78, 5) is 5.16. The Morgan fingerprint density at radius 2 is 0.786 bits per heavy atom. The fourth-order valence-electron chi connectivity index (χ4n) is 4.82. The first-order chi connectivity index (χ1) is 12.7. The zero-order chi connectivity index (χ0) is 18.2. The molecule has 4 fully saturated rings. The predicted molar refractivity (Wildman–Crippen MR) is 120 cm³/mol. The lowest BCUT2D eigenvalue weighted by Crippen LogP contribution is -2.46. The van der Waals surface area contributed by atoms with E-state index in [1.54, 1.807) is 0 Å². The number of rotatable bonds is 2. The molecule has 4 aliphatic rings. The molecule has 0 amide bonds. The molecule has 0 spiro atoms. The Hall–Kier alpha value is 0.340. The monoisotopic (exact) mass is 440 g/mol. The van der Waals surface area contributed by atoms with Crippen molar-refractivity contribution >= 4 is 24.8 Å². The maximum absolute atomic E-state index is 5.88. The number of halogens is 2. The minimum atomic E-state index is 0. The number of morpholine rings is 2. The van der Waals surface area contributed by atoms with Crippen LogP contribution >= 0.6 is 24.8 Å². The van der Waals surface area contributed by atoms with E-state index in [2.05, 4.69) is 9.80 Å². The average Bonchev–Trinajstić information content (AvgIpc) is 2.71. The molecule has 0 aromatic heterocycles. The van der Waals surface area contributed by atoms with Gasteiger partial charge in [-0.05, 0) is 51.4 Å². The maximum atomic E-state index is 5.88. The van der Waals surface area contributed by atoms with Crippen molar-refractivity contribution in [2.24, 2.45) is 11.5 Å². The number of nitrogens with two attached hydrogens (primary N) is 2. The van der Waals surface area contributed by atoms with Crippen molar-refractivity contribution in [2.75, 3.05) is 52.6 Å². The van der Waals surface area contributed by atoms with Crippen molar-refractivity contribution in [2.45, 2.75) is 75.5 Å². The molecular formula is C20H42Cl2N4O2. The molecule has 8 heteroatoms. The fourth-order valence-corrected chi connectivity index (χ4v) is 4.82. The molecule has 4 rings (SSSR count). The second kappa shape index (κ2) is 14.4. The molecule has 0 radical (unpaired) electrons. The van der Waals surface area contributed by atoms with E-state index in [9.17, 15) is 0 Å². The Morgan fingerprint density at radius 3 is 1.07 bits per heavy atom. The van der Waals surface area contributed by atoms with E-state index in [4.69, 9.17) is 20.9 Å². The quantitative estimate of drug-likeness (QED) is 0.683. The summed E-state index contributed by atoms with van der Waals surface area (Å²) in [7, 11) is 0. The second-order valence-electron chi connectivity index (χ2n) is 8.43. The van der Waals surface area contributed by atoms with Gasteiger partial charge in [0.2, 0.25) is 0 Å². The third-order valence-corrected chi connectivity index (χ3v) is 6.61. The van der Waals surface area contributed by atoms with Gasteiger partial charge in [-0.25, -0.2) is 0 Å². The molecule has 0 aromatic rings. The summed E-state index contributed by atoms with van der Waals surface area (Å²) in [6, 6.07) is 2.53. The van der Waals surface area contributed by atoms with Crippen LogP contribution < -0.4 is 11.5 Å². The first-order valence-electron chi connectivity index (χ1n) is 10.9. The van der Waals surface area contributed by atoms with Crippen LogP contribution in [0.25, 0.3) is 0 Å². The van der Waals surface area contributed by atoms with Crippen LogP contribution in [-0.2, 0) is 9.47 Å². The highest BCUT2D eigenvalue weighted by Crippen LogP contribution is 2.23. The zero-order valence-corrected chi connectivity index (χ0v) is 18.9. The summed E-state index contributed by atoms with van der Waals surface area (Å²) in [5.41, 5.74) is 11.8. The van der Waals surface area contributed by atoms with E-state index in [0.717, 1.165) is 64.7 Å². The van der Waals surface area contributed by atoms with Crippen LogP contribution in [0, 0.1) is 0 Å². The first kappa shape index (κ1) is 26.4. The predicted octanol–water partition coefficient (Wildman–Crippen LogP) is 2.02. The molecule has 2 aliphatic carbocycles. The second-order valence-corrected chi connectivity index (χ2v) is 8.43. The lowest BCUT2D eigenvalue weighted by atomic mass is 9.90. The van der Waals surface area contributed by atoms with Crippen LogP contribution in [0.4, 0.5) is 0 Å². The summed E-state index contributed by atoms with van der Waals surface area (Å²) in [6.45, 7) is 8.18. The topological polar surface area (TPSA) is 77.0 Å². The van der Waals surface area contributed by atoms with Crippen molar-refractivity contribution in [3.8, 4) is 0 Å². The number of hydrogen-bond donors (Lipinski definition) is 2. The SMILES string of the molecule is Cl.Cl.NC1CCC(N2CCOCC2)CC1.NC1CCC(N2CCOCC2)CC1. The summed E-state index contributed by atoms with van der Waals surface area (Å²) in [5, 5.41) is 0. The molecule has 0 bridgehead atoms. The Bertz CT molecular complexity index is 344. The lowest BCUT2D eigenvalue weighted by molar-refractivity contribution is 0.00746. The van der Waals surface area contributed by atoms with Gasteiger partial charge in [-0.15, -0.1) is 24.8 Å². The van der Waals surface area contributed by atoms with Crippen LogP contribution in [0.15, 0.2) is 0 Å². The van der Waals surface area contributed by atoms with Crippen LogP contribution in [0.5, 0.6) is 0 Å². The van der Waals surface area contributed by atoms with Gasteiger partial charge >= 0.3 is 0 Å². The molecule has 0 aromatic carbocycles. The van der Waals surface area contributed by atoms with E-state index >= 15 is 0 Å². The van der Waals surface area contributed by atoms with Crippen LogP contribution in [0.2, 0.25) is 0 Å². The van der Waals surface area contributed by atoms with Gasteiger partial charge in [-0.3, -0.25) is 9.80 Å². The van der Waals surface area contributed by atoms with Crippen molar-refractivity contribution in [1.29, 1.82) is 0 Å². The van der Waals surface area contributed by atoms with E-state index < -0.39 is 0 Å². The van der Waals surface area contributed by atoms with Crippen LogP contribution in [0.3, 0.4) is 0 Å². The third kappa shape index (κ3) is 8.60. The summed E-state index contributed by atoms with van der Waals surface area (Å²) in [5.74, 6) is 0. The Labute approximate surface area is 183 Å². The third-order valence-electron chi connectivity index (χ3n) is 6.61. The van der Waals surface area contributed by atoms with Gasteiger partial charge in [0.15, 0.2) is 0 Å². The van der Waals surface area contributed by atoms with Gasteiger partial charge in [-0.1, -0.05) is 0 Å². The maximum Gasteiger partial charge on any atom is 0.0594 e. The van der Waals surface area contributed by atoms with E-state index in [1.165, 1.54) is 51.4 Å². The zero-order valence-electron chi connectivity index (χ0n) is 17.3. The van der Waals surface area contributed by atoms with Crippen LogP contribution in [-0.4, -0.2) is 86.6 Å². The van der Waals surface area contributed by atoms with Gasteiger partial charge in [-0.2, -0.15) is 0 Å². The number of ether oxygens (including phenoxy) is 2. The Morgan fingerprint density at radius 1 is 0.500 bits per heavy atom. The normalized spacial score (nSPS) is 34.9. The lowest BCUT2D eigenvalue weighted by Gasteiger charge is -2.38. The highest BCUT2D eigenvalue weighted by molar-refractivity contribution is 5.85. The number of hydrogen-bond acceptors (Lipinski definition) is 6. The van der Waals surface area contributed by atoms with Crippen molar-refractivity contribution in [3.05, 3.63) is 0 Å². The number of nitrogens with zero attached hydrogens (tertiary/aromatic N) is 2. The molecule has 0 unspecified atom stereocenters. The molecule has 2 aliphatic heterocycles. The smallest absolute Gasteiger partial charge is 0.0594 e. The molecule has 0 atom stereocenters. The molecule has 2 saturated heterocycles. The van der Waals surface area contributed by atoms with Gasteiger partial charge in [0, 0.05) is 50.3 Å². The Balaban J connectivity index is 0.000000261. The van der Waals surface area contributed by atoms with Gasteiger partial charge in [0.25, 0.3) is 0 Å². The van der Waals surface area contributed by atoms with Gasteiger partial charge in [0.05, 0.1) is 26.4 Å². The average molecular weight is 441 g/mol. The van der Waals surface area contributed by atoms with Crippen molar-refractivity contribution in [1.82, 2.24) is 9.80 Å². The van der Waals surface area contributed by atoms with Crippen molar-refractivity contribution < 1.29 is 9.47 Å². The fraction of sp³-hybridized carbons (Fsp3) is 1.00. The van der Waals surface area contributed by atoms with E-state index in [0.29, 0.717) is 12.1 Å². The molecule has 2 heterocycles. The van der Waals surface area contributed by atoms with Crippen LogP contribution in [0.1, 0.15) is 51.4 Å². The molecular weight excluding hydrogens is 399 g/mol. The standard InChI is InChI=1S/2C10H20N2O.2ClH/c2*11-9-1-3-10(4-2-9)12-5-7-13-8-6-12;;/h2*9-10H,1-8,11H2;2*1H. The van der Waals surface area contributed by atoms with Gasteiger partial charge < -0.3 is 20.9 Å². The molecule has 6 nitrogen and oxygen atoms in total. The minimum Gasteiger partial charge on any atom is -0.379 e. The summed E-state index contributed by atoms with van der Waals surface area (Å²) >= 11 is 0. The first-order valence-corrected chi connectivity index (χ1v) is 10.9. The molecule has 2 saturated carbocycles. The highest BCUT2D eigenvalue weighted by atomic mass is 35.5.